The van der Waals surface area contributed by atoms with Crippen LogP contribution in [0.5, 0.6) is 0 Å². The molecule has 1 aromatic rings. The molecule has 5 nitrogen and oxygen atoms in total. The highest BCUT2D eigenvalue weighted by molar-refractivity contribution is 5.93. The number of benzene rings is 1. The van der Waals surface area contributed by atoms with Crippen molar-refractivity contribution in [1.29, 1.82) is 0 Å². The zero-order chi connectivity index (χ0) is 14.6. The van der Waals surface area contributed by atoms with Gasteiger partial charge in [-0.1, -0.05) is 24.6 Å². The average Bonchev–Trinajstić information content (AvgIpc) is 2.30. The first-order chi connectivity index (χ1) is 8.85. The molecule has 0 saturated carbocycles. The van der Waals surface area contributed by atoms with Crippen LogP contribution in [0.1, 0.15) is 30.0 Å². The fraction of sp³-hybridized carbons (Fsp3) is 0.429. The van der Waals surface area contributed by atoms with Crippen LogP contribution in [0.2, 0.25) is 0 Å². The van der Waals surface area contributed by atoms with Gasteiger partial charge in [-0.2, -0.15) is 0 Å². The fourth-order valence-electron chi connectivity index (χ4n) is 2.02. The number of carbonyl (C=O) groups is 2. The van der Waals surface area contributed by atoms with E-state index in [1.165, 1.54) is 0 Å². The molecule has 0 aromatic heterocycles. The maximum absolute atomic E-state index is 11.8. The van der Waals surface area contributed by atoms with E-state index in [0.29, 0.717) is 6.42 Å². The minimum atomic E-state index is -1.03. The van der Waals surface area contributed by atoms with Crippen molar-refractivity contribution in [3.05, 3.63) is 28.8 Å². The predicted molar refractivity (Wildman–Crippen MR) is 74.5 cm³/mol. The second-order valence-electron chi connectivity index (χ2n) is 4.67. The summed E-state index contributed by atoms with van der Waals surface area (Å²) >= 11 is 0. The van der Waals surface area contributed by atoms with Crippen LogP contribution in [0.4, 0.5) is 10.5 Å². The SMILES string of the molecule is CCC(NC(=O)Nc1c(C)cc(C)cc1C)C(=O)O. The molecule has 1 aromatic carbocycles. The molecule has 1 unspecified atom stereocenters. The molecule has 3 N–H and O–H groups in total. The molecule has 1 rings (SSSR count). The first kappa shape index (κ1) is 15.0. The minimum absolute atomic E-state index is 0.342. The Morgan fingerprint density at radius 2 is 1.74 bits per heavy atom. The summed E-state index contributed by atoms with van der Waals surface area (Å²) in [6.07, 6.45) is 0.342. The van der Waals surface area contributed by atoms with E-state index in [9.17, 15) is 9.59 Å². The van der Waals surface area contributed by atoms with Crippen molar-refractivity contribution in [1.82, 2.24) is 5.32 Å². The third-order valence-electron chi connectivity index (χ3n) is 2.93. The van der Waals surface area contributed by atoms with Crippen LogP contribution in [0.3, 0.4) is 0 Å². The summed E-state index contributed by atoms with van der Waals surface area (Å²) in [7, 11) is 0. The van der Waals surface area contributed by atoms with E-state index in [-0.39, 0.29) is 0 Å². The second-order valence-corrected chi connectivity index (χ2v) is 4.67. The molecule has 0 bridgehead atoms. The highest BCUT2D eigenvalue weighted by Crippen LogP contribution is 2.21. The molecule has 0 aliphatic carbocycles. The number of carboxylic acids is 1. The number of carboxylic acid groups (broad SMARTS) is 1. The molecule has 5 heteroatoms. The summed E-state index contributed by atoms with van der Waals surface area (Å²) in [5.41, 5.74) is 3.76. The average molecular weight is 264 g/mol. The molecular formula is C14H20N2O3. The molecule has 0 saturated heterocycles. The monoisotopic (exact) mass is 264 g/mol. The van der Waals surface area contributed by atoms with Crippen molar-refractivity contribution in [2.45, 2.75) is 40.2 Å². The van der Waals surface area contributed by atoms with Crippen LogP contribution < -0.4 is 10.6 Å². The minimum Gasteiger partial charge on any atom is -0.480 e. The van der Waals surface area contributed by atoms with E-state index in [4.69, 9.17) is 5.11 Å². The van der Waals surface area contributed by atoms with Gasteiger partial charge < -0.3 is 15.7 Å². The largest absolute Gasteiger partial charge is 0.480 e. The van der Waals surface area contributed by atoms with Crippen LogP contribution in [-0.2, 0) is 4.79 Å². The van der Waals surface area contributed by atoms with Crippen LogP contribution in [0.25, 0.3) is 0 Å². The Kier molecular flexibility index (Phi) is 4.92. The number of anilines is 1. The molecule has 0 heterocycles. The zero-order valence-corrected chi connectivity index (χ0v) is 11.7. The van der Waals surface area contributed by atoms with Gasteiger partial charge in [0.1, 0.15) is 6.04 Å². The van der Waals surface area contributed by atoms with E-state index in [1.807, 2.05) is 32.9 Å². The van der Waals surface area contributed by atoms with E-state index in [2.05, 4.69) is 10.6 Å². The predicted octanol–water partition coefficient (Wildman–Crippen LogP) is 2.60. The Bertz CT molecular complexity index is 474. The molecule has 2 amide bonds. The Labute approximate surface area is 113 Å². The smallest absolute Gasteiger partial charge is 0.326 e. The number of aliphatic carboxylic acids is 1. The second kappa shape index (κ2) is 6.22. The Morgan fingerprint density at radius 1 is 1.21 bits per heavy atom. The highest BCUT2D eigenvalue weighted by Gasteiger charge is 2.18. The quantitative estimate of drug-likeness (QED) is 0.782. The van der Waals surface area contributed by atoms with Crippen molar-refractivity contribution in [3.63, 3.8) is 0 Å². The maximum atomic E-state index is 11.8. The van der Waals surface area contributed by atoms with Gasteiger partial charge in [0.05, 0.1) is 0 Å². The van der Waals surface area contributed by atoms with Crippen molar-refractivity contribution >= 4 is 17.7 Å². The van der Waals surface area contributed by atoms with Gasteiger partial charge in [-0.25, -0.2) is 9.59 Å². The van der Waals surface area contributed by atoms with E-state index < -0.39 is 18.0 Å². The highest BCUT2D eigenvalue weighted by atomic mass is 16.4. The van der Waals surface area contributed by atoms with E-state index >= 15 is 0 Å². The van der Waals surface area contributed by atoms with Crippen LogP contribution >= 0.6 is 0 Å². The van der Waals surface area contributed by atoms with E-state index in [0.717, 1.165) is 22.4 Å². The standard InChI is InChI=1S/C14H20N2O3/c1-5-11(13(17)18)15-14(19)16-12-9(3)6-8(2)7-10(12)4/h6-7,11H,5H2,1-4H3,(H,17,18)(H2,15,16,19). The lowest BCUT2D eigenvalue weighted by Crippen LogP contribution is -2.42. The molecule has 0 aliphatic rings. The van der Waals surface area contributed by atoms with Gasteiger partial charge >= 0.3 is 12.0 Å². The number of hydrogen-bond donors (Lipinski definition) is 3. The molecule has 19 heavy (non-hydrogen) atoms. The molecule has 1 atom stereocenters. The zero-order valence-electron chi connectivity index (χ0n) is 11.7. The number of nitrogens with one attached hydrogen (secondary N) is 2. The molecule has 0 spiro atoms. The summed E-state index contributed by atoms with van der Waals surface area (Å²) in [5.74, 6) is -1.03. The topological polar surface area (TPSA) is 78.4 Å². The van der Waals surface area contributed by atoms with Crippen LogP contribution in [-0.4, -0.2) is 23.1 Å². The van der Waals surface area contributed by atoms with Crippen LogP contribution in [0.15, 0.2) is 12.1 Å². The summed E-state index contributed by atoms with van der Waals surface area (Å²) in [6, 6.07) is 2.57. The molecule has 0 radical (unpaired) electrons. The van der Waals surface area contributed by atoms with Gasteiger partial charge in [-0.3, -0.25) is 0 Å². The lowest BCUT2D eigenvalue weighted by Gasteiger charge is -2.16. The number of urea groups is 1. The van der Waals surface area contributed by atoms with Gasteiger partial charge in [-0.05, 0) is 38.3 Å². The van der Waals surface area contributed by atoms with Crippen molar-refractivity contribution in [2.75, 3.05) is 5.32 Å². The Balaban J connectivity index is 2.80. The summed E-state index contributed by atoms with van der Waals surface area (Å²) < 4.78 is 0. The number of hydrogen-bond acceptors (Lipinski definition) is 2. The van der Waals surface area contributed by atoms with Crippen LogP contribution in [0, 0.1) is 20.8 Å². The first-order valence-electron chi connectivity index (χ1n) is 6.23. The Hall–Kier alpha value is -2.04. The van der Waals surface area contributed by atoms with Gasteiger partial charge in [0.2, 0.25) is 0 Å². The molecule has 104 valence electrons. The van der Waals surface area contributed by atoms with Gasteiger partial charge in [-0.15, -0.1) is 0 Å². The maximum Gasteiger partial charge on any atom is 0.326 e. The molecule has 0 aliphatic heterocycles. The fourth-order valence-corrected chi connectivity index (χ4v) is 2.02. The third kappa shape index (κ3) is 3.98. The summed E-state index contributed by atoms with van der Waals surface area (Å²) in [6.45, 7) is 7.51. The van der Waals surface area contributed by atoms with Gasteiger partial charge in [0.25, 0.3) is 0 Å². The van der Waals surface area contributed by atoms with Gasteiger partial charge in [0, 0.05) is 5.69 Å². The lowest BCUT2D eigenvalue weighted by atomic mass is 10.1. The Morgan fingerprint density at radius 3 is 2.16 bits per heavy atom. The summed E-state index contributed by atoms with van der Waals surface area (Å²) in [5, 5.41) is 14.0. The van der Waals surface area contributed by atoms with E-state index in [1.54, 1.807) is 6.92 Å². The normalized spacial score (nSPS) is 11.8. The molecule has 0 fully saturated rings. The number of rotatable bonds is 4. The first-order valence-corrected chi connectivity index (χ1v) is 6.23. The van der Waals surface area contributed by atoms with Crippen molar-refractivity contribution < 1.29 is 14.7 Å². The van der Waals surface area contributed by atoms with Crippen molar-refractivity contribution in [3.8, 4) is 0 Å². The third-order valence-corrected chi connectivity index (χ3v) is 2.93. The van der Waals surface area contributed by atoms with Gasteiger partial charge in [0.15, 0.2) is 0 Å². The number of carbonyl (C=O) groups excluding carboxylic acids is 1. The number of amides is 2. The van der Waals surface area contributed by atoms with Crippen molar-refractivity contribution in [2.24, 2.45) is 0 Å². The summed E-state index contributed by atoms with van der Waals surface area (Å²) in [4.78, 5) is 22.6. The number of aryl methyl sites for hydroxylation is 3. The lowest BCUT2D eigenvalue weighted by molar-refractivity contribution is -0.139. The molecular weight excluding hydrogens is 244 g/mol.